The van der Waals surface area contributed by atoms with E-state index < -0.39 is 4.92 Å². The first kappa shape index (κ1) is 22.0. The maximum absolute atomic E-state index is 10.9. The Balaban J connectivity index is 2.14. The molecule has 0 aromatic heterocycles. The number of rotatable bonds is 9. The van der Waals surface area contributed by atoms with Gasteiger partial charge in [-0.3, -0.25) is 14.9 Å². The molecule has 0 amide bonds. The second-order valence-corrected chi connectivity index (χ2v) is 6.02. The van der Waals surface area contributed by atoms with Gasteiger partial charge in [0.15, 0.2) is 0 Å². The first-order valence-corrected chi connectivity index (χ1v) is 8.90. The van der Waals surface area contributed by atoms with E-state index in [9.17, 15) is 14.9 Å². The van der Waals surface area contributed by atoms with Gasteiger partial charge in [0.05, 0.1) is 35.2 Å². The van der Waals surface area contributed by atoms with E-state index >= 15 is 0 Å². The second kappa shape index (κ2) is 10.9. The number of nitro groups is 1. The molecule has 0 spiro atoms. The molecule has 0 heterocycles. The first-order valence-electron chi connectivity index (χ1n) is 8.90. The number of anilines is 1. The van der Waals surface area contributed by atoms with E-state index in [0.717, 1.165) is 11.8 Å². The molecule has 0 atom stereocenters. The lowest BCUT2D eigenvalue weighted by Gasteiger charge is -2.23. The molecule has 0 aliphatic heterocycles. The van der Waals surface area contributed by atoms with Crippen LogP contribution in [-0.4, -0.2) is 30.6 Å². The average Bonchev–Trinajstić information content (AvgIpc) is 2.74. The molecule has 0 N–H and O–H groups in total. The third-order valence-electron chi connectivity index (χ3n) is 3.96. The summed E-state index contributed by atoms with van der Waals surface area (Å²) in [4.78, 5) is 23.1. The van der Waals surface area contributed by atoms with Crippen molar-refractivity contribution >= 4 is 28.7 Å². The topological polar surface area (TPSA) is 145 Å². The van der Waals surface area contributed by atoms with Crippen molar-refractivity contribution < 1.29 is 14.5 Å². The number of azo groups is 1. The molecule has 0 fully saturated rings. The molecule has 0 aliphatic rings. The van der Waals surface area contributed by atoms with Crippen LogP contribution < -0.4 is 4.90 Å². The van der Waals surface area contributed by atoms with Crippen molar-refractivity contribution in [1.29, 1.82) is 10.5 Å². The van der Waals surface area contributed by atoms with Crippen LogP contribution in [0.5, 0.6) is 0 Å². The molecule has 30 heavy (non-hydrogen) atoms. The number of ether oxygens (including phenoxy) is 1. The molecule has 2 aromatic carbocycles. The summed E-state index contributed by atoms with van der Waals surface area (Å²) >= 11 is 0. The summed E-state index contributed by atoms with van der Waals surface area (Å²) in [6, 6.07) is 14.7. The Morgan fingerprint density at radius 2 is 1.90 bits per heavy atom. The van der Waals surface area contributed by atoms with Crippen molar-refractivity contribution in [2.24, 2.45) is 10.2 Å². The Kier molecular flexibility index (Phi) is 7.97. The molecular formula is C20H18N6O4. The summed E-state index contributed by atoms with van der Waals surface area (Å²) in [6.45, 7) is 2.46. The maximum Gasteiger partial charge on any atom is 0.302 e. The smallest absolute Gasteiger partial charge is 0.302 e. The molecule has 2 aromatic rings. The van der Waals surface area contributed by atoms with Gasteiger partial charge in [-0.05, 0) is 30.3 Å². The number of non-ortho nitro benzene ring substituents is 1. The predicted molar refractivity (Wildman–Crippen MR) is 108 cm³/mol. The van der Waals surface area contributed by atoms with Gasteiger partial charge < -0.3 is 9.64 Å². The van der Waals surface area contributed by atoms with E-state index in [1.807, 2.05) is 11.0 Å². The molecule has 0 bridgehead atoms. The third kappa shape index (κ3) is 6.39. The highest BCUT2D eigenvalue weighted by molar-refractivity contribution is 5.66. The molecule has 10 nitrogen and oxygen atoms in total. The molecule has 0 radical (unpaired) electrons. The van der Waals surface area contributed by atoms with E-state index in [1.165, 1.54) is 19.1 Å². The SMILES string of the molecule is CC(=O)OCCN(CCC#N)c1ccc(N=Nc2ccc([N+](=O)[O-])cc2C#N)cc1. The molecule has 0 saturated heterocycles. The van der Waals surface area contributed by atoms with Gasteiger partial charge in [0.2, 0.25) is 0 Å². The van der Waals surface area contributed by atoms with Gasteiger partial charge in [-0.1, -0.05) is 0 Å². The van der Waals surface area contributed by atoms with Crippen LogP contribution in [-0.2, 0) is 9.53 Å². The normalized spacial score (nSPS) is 10.2. The number of esters is 1. The van der Waals surface area contributed by atoms with Crippen molar-refractivity contribution in [3.63, 3.8) is 0 Å². The van der Waals surface area contributed by atoms with Crippen molar-refractivity contribution in [2.45, 2.75) is 13.3 Å². The van der Waals surface area contributed by atoms with Crippen LogP contribution in [0.25, 0.3) is 0 Å². The van der Waals surface area contributed by atoms with Gasteiger partial charge in [0.1, 0.15) is 18.4 Å². The summed E-state index contributed by atoms with van der Waals surface area (Å²) in [7, 11) is 0. The molecule has 152 valence electrons. The van der Waals surface area contributed by atoms with Gasteiger partial charge in [0.25, 0.3) is 5.69 Å². The van der Waals surface area contributed by atoms with E-state index in [2.05, 4.69) is 16.3 Å². The van der Waals surface area contributed by atoms with Crippen molar-refractivity contribution in [1.82, 2.24) is 0 Å². The molecule has 0 saturated carbocycles. The minimum atomic E-state index is -0.583. The van der Waals surface area contributed by atoms with E-state index in [-0.39, 0.29) is 29.5 Å². The molecule has 0 unspecified atom stereocenters. The Bertz CT molecular complexity index is 1020. The fourth-order valence-corrected chi connectivity index (χ4v) is 2.51. The fraction of sp³-hybridized carbons (Fsp3) is 0.250. The Morgan fingerprint density at radius 3 is 2.50 bits per heavy atom. The number of carbonyl (C=O) groups is 1. The minimum Gasteiger partial charge on any atom is -0.464 e. The quantitative estimate of drug-likeness (QED) is 0.263. The van der Waals surface area contributed by atoms with Crippen molar-refractivity contribution in [3.8, 4) is 12.1 Å². The lowest BCUT2D eigenvalue weighted by Crippen LogP contribution is -2.28. The van der Waals surface area contributed by atoms with Crippen LogP contribution in [0.1, 0.15) is 18.9 Å². The van der Waals surface area contributed by atoms with Crippen molar-refractivity contribution in [3.05, 3.63) is 58.1 Å². The van der Waals surface area contributed by atoms with Gasteiger partial charge in [-0.15, -0.1) is 5.11 Å². The highest BCUT2D eigenvalue weighted by Crippen LogP contribution is 2.27. The summed E-state index contributed by atoms with van der Waals surface area (Å²) in [5.74, 6) is -0.367. The van der Waals surface area contributed by atoms with Gasteiger partial charge in [-0.2, -0.15) is 15.6 Å². The van der Waals surface area contributed by atoms with E-state index in [4.69, 9.17) is 15.3 Å². The van der Waals surface area contributed by atoms with Gasteiger partial charge in [0, 0.05) is 31.3 Å². The lowest BCUT2D eigenvalue weighted by atomic mass is 10.2. The van der Waals surface area contributed by atoms with Crippen LogP contribution >= 0.6 is 0 Å². The number of hydrogen-bond donors (Lipinski definition) is 0. The fourth-order valence-electron chi connectivity index (χ4n) is 2.51. The standard InChI is InChI=1S/C20H18N6O4/c1-15(27)30-12-11-25(10-2-9-21)18-5-3-17(4-6-18)23-24-20-8-7-19(26(28)29)13-16(20)14-22/h3-8,13H,2,10-12H2,1H3. The van der Waals surface area contributed by atoms with Crippen LogP contribution in [0.4, 0.5) is 22.7 Å². The van der Waals surface area contributed by atoms with Gasteiger partial charge in [-0.25, -0.2) is 0 Å². The average molecular weight is 406 g/mol. The number of benzene rings is 2. The van der Waals surface area contributed by atoms with Crippen LogP contribution in [0.3, 0.4) is 0 Å². The summed E-state index contributed by atoms with van der Waals surface area (Å²) in [5.41, 5.74) is 1.42. The highest BCUT2D eigenvalue weighted by Gasteiger charge is 2.11. The number of nitriles is 2. The number of nitro benzene ring substituents is 1. The third-order valence-corrected chi connectivity index (χ3v) is 3.96. The van der Waals surface area contributed by atoms with Crippen LogP contribution in [0.2, 0.25) is 0 Å². The predicted octanol–water partition coefficient (Wildman–Crippen LogP) is 4.17. The molecule has 0 aliphatic carbocycles. The zero-order valence-corrected chi connectivity index (χ0v) is 16.2. The number of carbonyl (C=O) groups excluding carboxylic acids is 1. The number of nitrogens with zero attached hydrogens (tertiary/aromatic N) is 6. The summed E-state index contributed by atoms with van der Waals surface area (Å²) in [5, 5.41) is 36.9. The minimum absolute atomic E-state index is 0.0534. The summed E-state index contributed by atoms with van der Waals surface area (Å²) < 4.78 is 4.96. The lowest BCUT2D eigenvalue weighted by molar-refractivity contribution is -0.384. The first-order chi connectivity index (χ1) is 14.4. The maximum atomic E-state index is 10.9. The Labute approximate surface area is 172 Å². The largest absolute Gasteiger partial charge is 0.464 e. The van der Waals surface area contributed by atoms with Crippen LogP contribution in [0.15, 0.2) is 52.7 Å². The van der Waals surface area contributed by atoms with Crippen LogP contribution in [0, 0.1) is 32.8 Å². The summed E-state index contributed by atoms with van der Waals surface area (Å²) in [6.07, 6.45) is 0.318. The van der Waals surface area contributed by atoms with Crippen molar-refractivity contribution in [2.75, 3.05) is 24.6 Å². The highest BCUT2D eigenvalue weighted by atomic mass is 16.6. The molecule has 2 rings (SSSR count). The zero-order chi connectivity index (χ0) is 21.9. The Morgan fingerprint density at radius 1 is 1.17 bits per heavy atom. The van der Waals surface area contributed by atoms with E-state index in [1.54, 1.807) is 24.3 Å². The Hall–Kier alpha value is -4.31. The molecule has 10 heteroatoms. The zero-order valence-electron chi connectivity index (χ0n) is 16.2. The number of hydrogen-bond acceptors (Lipinski definition) is 9. The van der Waals surface area contributed by atoms with Gasteiger partial charge >= 0.3 is 5.97 Å². The second-order valence-electron chi connectivity index (χ2n) is 6.02. The molecular weight excluding hydrogens is 388 g/mol. The van der Waals surface area contributed by atoms with E-state index in [0.29, 0.717) is 25.2 Å². The monoisotopic (exact) mass is 406 g/mol.